The molecule has 1 amide bonds. The van der Waals surface area contributed by atoms with Gasteiger partial charge in [0.1, 0.15) is 12.4 Å². The Labute approximate surface area is 141 Å². The lowest BCUT2D eigenvalue weighted by Crippen LogP contribution is -2.38. The molecular weight excluding hydrogens is 306 g/mol. The first-order valence-electron chi connectivity index (χ1n) is 7.67. The molecule has 0 saturated carbocycles. The first kappa shape index (κ1) is 17.5. The summed E-state index contributed by atoms with van der Waals surface area (Å²) in [5, 5.41) is 11.7. The van der Waals surface area contributed by atoms with Crippen molar-refractivity contribution in [2.45, 2.75) is 20.5 Å². The van der Waals surface area contributed by atoms with Crippen LogP contribution in [0.5, 0.6) is 5.75 Å². The second kappa shape index (κ2) is 7.64. The lowest BCUT2D eigenvalue weighted by molar-refractivity contribution is -0.146. The molecule has 0 heterocycles. The normalized spacial score (nSPS) is 10.9. The summed E-state index contributed by atoms with van der Waals surface area (Å²) in [5.41, 5.74) is 0.521. The van der Waals surface area contributed by atoms with Crippen LogP contribution in [0.15, 0.2) is 54.6 Å². The molecule has 0 aliphatic rings. The first-order chi connectivity index (χ1) is 11.4. The third kappa shape index (κ3) is 4.84. The van der Waals surface area contributed by atoms with E-state index in [1.807, 2.05) is 30.3 Å². The van der Waals surface area contributed by atoms with Crippen molar-refractivity contribution in [1.82, 2.24) is 5.32 Å². The smallest absolute Gasteiger partial charge is 0.310 e. The Balaban J connectivity index is 1.89. The average Bonchev–Trinajstić information content (AvgIpc) is 2.59. The maximum atomic E-state index is 12.1. The summed E-state index contributed by atoms with van der Waals surface area (Å²) in [7, 11) is 0. The summed E-state index contributed by atoms with van der Waals surface area (Å²) in [6, 6.07) is 16.6. The van der Waals surface area contributed by atoms with Crippen molar-refractivity contribution in [3.8, 4) is 5.75 Å². The molecule has 0 aromatic heterocycles. The molecule has 0 unspecified atom stereocenters. The van der Waals surface area contributed by atoms with Gasteiger partial charge in [-0.25, -0.2) is 0 Å². The fraction of sp³-hybridized carbons (Fsp3) is 0.263. The van der Waals surface area contributed by atoms with E-state index in [0.29, 0.717) is 17.9 Å². The number of hydrogen-bond donors (Lipinski definition) is 2. The van der Waals surface area contributed by atoms with Crippen molar-refractivity contribution in [3.63, 3.8) is 0 Å². The number of benzene rings is 2. The second-order valence-corrected chi connectivity index (χ2v) is 6.17. The molecule has 2 N–H and O–H groups in total. The highest BCUT2D eigenvalue weighted by atomic mass is 16.5. The number of carboxylic acid groups (broad SMARTS) is 1. The number of carboxylic acids is 1. The number of amides is 1. The van der Waals surface area contributed by atoms with Crippen LogP contribution >= 0.6 is 0 Å². The van der Waals surface area contributed by atoms with E-state index >= 15 is 0 Å². The van der Waals surface area contributed by atoms with Gasteiger partial charge in [0.25, 0.3) is 5.91 Å². The lowest BCUT2D eigenvalue weighted by Gasteiger charge is -2.19. The summed E-state index contributed by atoms with van der Waals surface area (Å²) in [6.07, 6.45) is 0. The van der Waals surface area contributed by atoms with Gasteiger partial charge in [-0.15, -0.1) is 0 Å². The number of nitrogens with one attached hydrogen (secondary N) is 1. The van der Waals surface area contributed by atoms with Gasteiger partial charge in [-0.05, 0) is 43.7 Å². The maximum Gasteiger partial charge on any atom is 0.310 e. The third-order valence-corrected chi connectivity index (χ3v) is 3.63. The van der Waals surface area contributed by atoms with Gasteiger partial charge in [0.05, 0.1) is 5.41 Å². The van der Waals surface area contributed by atoms with Gasteiger partial charge in [0, 0.05) is 12.1 Å². The van der Waals surface area contributed by atoms with Crippen molar-refractivity contribution >= 4 is 11.9 Å². The zero-order valence-electron chi connectivity index (χ0n) is 13.8. The minimum Gasteiger partial charge on any atom is -0.489 e. The predicted molar refractivity (Wildman–Crippen MR) is 91.0 cm³/mol. The van der Waals surface area contributed by atoms with Gasteiger partial charge >= 0.3 is 5.97 Å². The molecule has 0 bridgehead atoms. The maximum absolute atomic E-state index is 12.1. The van der Waals surface area contributed by atoms with Crippen LogP contribution in [0.4, 0.5) is 0 Å². The topological polar surface area (TPSA) is 75.6 Å². The number of carbonyl (C=O) groups is 2. The SMILES string of the molecule is CC(C)(CNC(=O)c1ccc(OCc2ccccc2)cc1)C(=O)O. The van der Waals surface area contributed by atoms with Gasteiger partial charge in [-0.2, -0.15) is 0 Å². The lowest BCUT2D eigenvalue weighted by atomic mass is 9.94. The Bertz CT molecular complexity index is 693. The molecule has 2 rings (SSSR count). The zero-order chi connectivity index (χ0) is 17.6. The molecular formula is C19H21NO4. The van der Waals surface area contributed by atoms with E-state index in [1.54, 1.807) is 38.1 Å². The molecule has 2 aromatic carbocycles. The Morgan fingerprint density at radius 3 is 2.25 bits per heavy atom. The van der Waals surface area contributed by atoms with Gasteiger partial charge in [0.2, 0.25) is 0 Å². The molecule has 2 aromatic rings. The highest BCUT2D eigenvalue weighted by Crippen LogP contribution is 2.16. The summed E-state index contributed by atoms with van der Waals surface area (Å²) in [4.78, 5) is 23.1. The van der Waals surface area contributed by atoms with Crippen LogP contribution in [0.3, 0.4) is 0 Å². The number of ether oxygens (including phenoxy) is 1. The van der Waals surface area contributed by atoms with Crippen molar-refractivity contribution < 1.29 is 19.4 Å². The third-order valence-electron chi connectivity index (χ3n) is 3.63. The second-order valence-electron chi connectivity index (χ2n) is 6.17. The van der Waals surface area contributed by atoms with E-state index < -0.39 is 11.4 Å². The van der Waals surface area contributed by atoms with E-state index in [1.165, 1.54) is 0 Å². The molecule has 0 atom stereocenters. The molecule has 5 nitrogen and oxygen atoms in total. The monoisotopic (exact) mass is 327 g/mol. The van der Waals surface area contributed by atoms with Crippen molar-refractivity contribution in [3.05, 3.63) is 65.7 Å². The van der Waals surface area contributed by atoms with Gasteiger partial charge in [0.15, 0.2) is 0 Å². The number of rotatable bonds is 7. The Morgan fingerprint density at radius 1 is 1.04 bits per heavy atom. The molecule has 0 saturated heterocycles. The van der Waals surface area contributed by atoms with Crippen LogP contribution < -0.4 is 10.1 Å². The van der Waals surface area contributed by atoms with Crippen LogP contribution in [-0.4, -0.2) is 23.5 Å². The van der Waals surface area contributed by atoms with Crippen LogP contribution in [0.1, 0.15) is 29.8 Å². The average molecular weight is 327 g/mol. The van der Waals surface area contributed by atoms with Gasteiger partial charge in [-0.3, -0.25) is 9.59 Å². The molecule has 0 radical (unpaired) electrons. The molecule has 126 valence electrons. The molecule has 0 aliphatic heterocycles. The Hall–Kier alpha value is -2.82. The van der Waals surface area contributed by atoms with Crippen molar-refractivity contribution in [2.24, 2.45) is 5.41 Å². The largest absolute Gasteiger partial charge is 0.489 e. The fourth-order valence-corrected chi connectivity index (χ4v) is 1.92. The van der Waals surface area contributed by atoms with E-state index in [9.17, 15) is 9.59 Å². The van der Waals surface area contributed by atoms with E-state index in [2.05, 4.69) is 5.32 Å². The Morgan fingerprint density at radius 2 is 1.67 bits per heavy atom. The predicted octanol–water partition coefficient (Wildman–Crippen LogP) is 3.11. The molecule has 24 heavy (non-hydrogen) atoms. The molecule has 0 fully saturated rings. The summed E-state index contributed by atoms with van der Waals surface area (Å²) in [5.74, 6) is -0.590. The minimum atomic E-state index is -1.01. The van der Waals surface area contributed by atoms with E-state index in [4.69, 9.17) is 9.84 Å². The number of aliphatic carboxylic acids is 1. The zero-order valence-corrected chi connectivity index (χ0v) is 13.8. The highest BCUT2D eigenvalue weighted by molar-refractivity contribution is 5.94. The van der Waals surface area contributed by atoms with Crippen molar-refractivity contribution in [2.75, 3.05) is 6.54 Å². The quantitative estimate of drug-likeness (QED) is 0.819. The molecule has 0 aliphatic carbocycles. The van der Waals surface area contributed by atoms with E-state index in [-0.39, 0.29) is 12.5 Å². The Kier molecular flexibility index (Phi) is 5.58. The summed E-state index contributed by atoms with van der Waals surface area (Å²) < 4.78 is 5.66. The van der Waals surface area contributed by atoms with Crippen LogP contribution in [0.2, 0.25) is 0 Å². The molecule has 0 spiro atoms. The van der Waals surface area contributed by atoms with E-state index in [0.717, 1.165) is 5.56 Å². The van der Waals surface area contributed by atoms with Crippen LogP contribution in [0.25, 0.3) is 0 Å². The molecule has 5 heteroatoms. The summed E-state index contributed by atoms with van der Waals surface area (Å²) in [6.45, 7) is 3.65. The van der Waals surface area contributed by atoms with Crippen LogP contribution in [-0.2, 0) is 11.4 Å². The first-order valence-corrected chi connectivity index (χ1v) is 7.67. The summed E-state index contributed by atoms with van der Waals surface area (Å²) >= 11 is 0. The number of carbonyl (C=O) groups excluding carboxylic acids is 1. The van der Waals surface area contributed by atoms with Gasteiger partial charge < -0.3 is 15.2 Å². The van der Waals surface area contributed by atoms with Gasteiger partial charge in [-0.1, -0.05) is 30.3 Å². The van der Waals surface area contributed by atoms with Crippen LogP contribution in [0, 0.1) is 5.41 Å². The standard InChI is InChI=1S/C19H21NO4/c1-19(2,18(22)23)13-20-17(21)15-8-10-16(11-9-15)24-12-14-6-4-3-5-7-14/h3-11H,12-13H2,1-2H3,(H,20,21)(H,22,23). The minimum absolute atomic E-state index is 0.0629. The van der Waals surface area contributed by atoms with Crippen molar-refractivity contribution in [1.29, 1.82) is 0 Å². The fourth-order valence-electron chi connectivity index (χ4n) is 1.92. The highest BCUT2D eigenvalue weighted by Gasteiger charge is 2.27. The number of hydrogen-bond acceptors (Lipinski definition) is 3.